The molecule has 0 radical (unpaired) electrons. The first kappa shape index (κ1) is 11.0. The van der Waals surface area contributed by atoms with Crippen molar-refractivity contribution >= 4 is 0 Å². The molecule has 0 spiro atoms. The third kappa shape index (κ3) is 2.45. The van der Waals surface area contributed by atoms with E-state index in [2.05, 4.69) is 0 Å². The predicted octanol–water partition coefficient (Wildman–Crippen LogP) is 2.03. The molecule has 2 N–H and O–H groups in total. The molecule has 0 amide bonds. The molecular weight excluding hydrogens is 181 g/mol. The van der Waals surface area contributed by atoms with Gasteiger partial charge < -0.3 is 10.5 Å². The summed E-state index contributed by atoms with van der Waals surface area (Å²) >= 11 is 0. The standard InChI is InChI=1S/C11H16FNO/c1-7-4-10(12)9(6-8(2)13)11(5-7)14-3/h4-5,8H,6,13H2,1-3H3/t8-/m0/s1. The Morgan fingerprint density at radius 3 is 2.64 bits per heavy atom. The number of hydrogen-bond donors (Lipinski definition) is 1. The van der Waals surface area contributed by atoms with Crippen LogP contribution in [0.4, 0.5) is 4.39 Å². The van der Waals surface area contributed by atoms with Crippen LogP contribution >= 0.6 is 0 Å². The molecule has 1 aromatic carbocycles. The van der Waals surface area contributed by atoms with E-state index in [-0.39, 0.29) is 11.9 Å². The minimum Gasteiger partial charge on any atom is -0.496 e. The summed E-state index contributed by atoms with van der Waals surface area (Å²) in [4.78, 5) is 0. The lowest BCUT2D eigenvalue weighted by Crippen LogP contribution is -2.19. The van der Waals surface area contributed by atoms with Crippen LogP contribution in [0.5, 0.6) is 5.75 Å². The molecule has 78 valence electrons. The molecule has 1 atom stereocenters. The molecule has 0 saturated carbocycles. The first-order chi connectivity index (χ1) is 6.54. The van der Waals surface area contributed by atoms with Crippen molar-refractivity contribution in [3.8, 4) is 5.75 Å². The highest BCUT2D eigenvalue weighted by Crippen LogP contribution is 2.24. The van der Waals surface area contributed by atoms with Gasteiger partial charge in [0.2, 0.25) is 0 Å². The number of methoxy groups -OCH3 is 1. The molecular formula is C11H16FNO. The van der Waals surface area contributed by atoms with Crippen molar-refractivity contribution in [2.24, 2.45) is 5.73 Å². The fourth-order valence-corrected chi connectivity index (χ4v) is 1.44. The predicted molar refractivity (Wildman–Crippen MR) is 55.0 cm³/mol. The number of benzene rings is 1. The average Bonchev–Trinajstić information content (AvgIpc) is 2.08. The van der Waals surface area contributed by atoms with Crippen molar-refractivity contribution in [3.05, 3.63) is 29.1 Å². The molecule has 0 fully saturated rings. The van der Waals surface area contributed by atoms with Crippen LogP contribution in [0.15, 0.2) is 12.1 Å². The summed E-state index contributed by atoms with van der Waals surface area (Å²) in [6.45, 7) is 3.68. The van der Waals surface area contributed by atoms with Gasteiger partial charge in [-0.25, -0.2) is 4.39 Å². The maximum atomic E-state index is 13.5. The second-order valence-electron chi connectivity index (χ2n) is 3.61. The molecule has 1 rings (SSSR count). The molecule has 3 heteroatoms. The van der Waals surface area contributed by atoms with E-state index in [1.165, 1.54) is 6.07 Å². The molecule has 1 aromatic rings. The minimum absolute atomic E-state index is 0.0684. The topological polar surface area (TPSA) is 35.2 Å². The molecule has 0 unspecified atom stereocenters. The highest BCUT2D eigenvalue weighted by molar-refractivity contribution is 5.38. The van der Waals surface area contributed by atoms with Crippen molar-refractivity contribution in [1.29, 1.82) is 0 Å². The Hall–Kier alpha value is -1.09. The van der Waals surface area contributed by atoms with Gasteiger partial charge in [-0.3, -0.25) is 0 Å². The van der Waals surface area contributed by atoms with Gasteiger partial charge in [0, 0.05) is 11.6 Å². The fraction of sp³-hybridized carbons (Fsp3) is 0.455. The van der Waals surface area contributed by atoms with E-state index >= 15 is 0 Å². The van der Waals surface area contributed by atoms with Gasteiger partial charge in [0.1, 0.15) is 11.6 Å². The Morgan fingerprint density at radius 1 is 1.50 bits per heavy atom. The van der Waals surface area contributed by atoms with Crippen LogP contribution in [0.25, 0.3) is 0 Å². The van der Waals surface area contributed by atoms with E-state index in [9.17, 15) is 4.39 Å². The van der Waals surface area contributed by atoms with Gasteiger partial charge in [-0.05, 0) is 38.0 Å². The first-order valence-electron chi connectivity index (χ1n) is 4.63. The van der Waals surface area contributed by atoms with Gasteiger partial charge in [-0.15, -0.1) is 0 Å². The molecule has 14 heavy (non-hydrogen) atoms. The number of nitrogens with two attached hydrogens (primary N) is 1. The van der Waals surface area contributed by atoms with Crippen molar-refractivity contribution in [1.82, 2.24) is 0 Å². The van der Waals surface area contributed by atoms with Gasteiger partial charge in [-0.2, -0.15) is 0 Å². The largest absolute Gasteiger partial charge is 0.496 e. The van der Waals surface area contributed by atoms with Crippen LogP contribution in [0.1, 0.15) is 18.1 Å². The van der Waals surface area contributed by atoms with E-state index in [1.807, 2.05) is 19.9 Å². The lowest BCUT2D eigenvalue weighted by molar-refractivity contribution is 0.402. The lowest BCUT2D eigenvalue weighted by atomic mass is 10.0. The molecule has 0 bridgehead atoms. The van der Waals surface area contributed by atoms with Crippen LogP contribution in [0, 0.1) is 12.7 Å². The second-order valence-corrected chi connectivity index (χ2v) is 3.61. The van der Waals surface area contributed by atoms with Crippen LogP contribution < -0.4 is 10.5 Å². The third-order valence-corrected chi connectivity index (χ3v) is 2.04. The molecule has 0 aromatic heterocycles. The van der Waals surface area contributed by atoms with E-state index < -0.39 is 0 Å². The van der Waals surface area contributed by atoms with Crippen LogP contribution in [0.2, 0.25) is 0 Å². The van der Waals surface area contributed by atoms with E-state index in [4.69, 9.17) is 10.5 Å². The SMILES string of the molecule is COc1cc(C)cc(F)c1C[C@H](C)N. The summed E-state index contributed by atoms with van der Waals surface area (Å²) in [6, 6.07) is 3.25. The maximum Gasteiger partial charge on any atom is 0.130 e. The zero-order valence-electron chi connectivity index (χ0n) is 8.80. The summed E-state index contributed by atoms with van der Waals surface area (Å²) < 4.78 is 18.6. The summed E-state index contributed by atoms with van der Waals surface area (Å²) in [5.74, 6) is 0.346. The number of halogens is 1. The Labute approximate surface area is 83.9 Å². The molecule has 0 aliphatic heterocycles. The number of rotatable bonds is 3. The Balaban J connectivity index is 3.11. The molecule has 0 saturated heterocycles. The van der Waals surface area contributed by atoms with E-state index in [0.29, 0.717) is 17.7 Å². The highest BCUT2D eigenvalue weighted by atomic mass is 19.1. The summed E-state index contributed by atoms with van der Waals surface area (Å²) in [5, 5.41) is 0. The third-order valence-electron chi connectivity index (χ3n) is 2.04. The Bertz CT molecular complexity index is 323. The average molecular weight is 197 g/mol. The van der Waals surface area contributed by atoms with Gasteiger partial charge in [0.15, 0.2) is 0 Å². The number of hydrogen-bond acceptors (Lipinski definition) is 2. The van der Waals surface area contributed by atoms with Crippen LogP contribution in [0.3, 0.4) is 0 Å². The monoisotopic (exact) mass is 197 g/mol. The molecule has 0 heterocycles. The number of ether oxygens (including phenoxy) is 1. The minimum atomic E-state index is -0.237. The molecule has 0 aliphatic rings. The summed E-state index contributed by atoms with van der Waals surface area (Å²) in [6.07, 6.45) is 0.495. The van der Waals surface area contributed by atoms with Crippen molar-refractivity contribution in [3.63, 3.8) is 0 Å². The normalized spacial score (nSPS) is 12.6. The van der Waals surface area contributed by atoms with Gasteiger partial charge in [0.25, 0.3) is 0 Å². The first-order valence-corrected chi connectivity index (χ1v) is 4.63. The Morgan fingerprint density at radius 2 is 2.14 bits per heavy atom. The van der Waals surface area contributed by atoms with Crippen LogP contribution in [-0.2, 0) is 6.42 Å². The van der Waals surface area contributed by atoms with Crippen molar-refractivity contribution in [2.45, 2.75) is 26.3 Å². The number of aryl methyl sites for hydroxylation is 1. The smallest absolute Gasteiger partial charge is 0.130 e. The van der Waals surface area contributed by atoms with E-state index in [0.717, 1.165) is 5.56 Å². The van der Waals surface area contributed by atoms with Gasteiger partial charge in [-0.1, -0.05) is 0 Å². The maximum absolute atomic E-state index is 13.5. The highest BCUT2D eigenvalue weighted by Gasteiger charge is 2.11. The van der Waals surface area contributed by atoms with Gasteiger partial charge in [0.05, 0.1) is 7.11 Å². The Kier molecular flexibility index (Phi) is 3.47. The molecule has 2 nitrogen and oxygen atoms in total. The van der Waals surface area contributed by atoms with Crippen molar-refractivity contribution < 1.29 is 9.13 Å². The quantitative estimate of drug-likeness (QED) is 0.804. The molecule has 0 aliphatic carbocycles. The fourth-order valence-electron chi connectivity index (χ4n) is 1.44. The van der Waals surface area contributed by atoms with Crippen LogP contribution in [-0.4, -0.2) is 13.2 Å². The summed E-state index contributed by atoms with van der Waals surface area (Å²) in [5.41, 5.74) is 7.05. The zero-order chi connectivity index (χ0) is 10.7. The van der Waals surface area contributed by atoms with Gasteiger partial charge >= 0.3 is 0 Å². The van der Waals surface area contributed by atoms with E-state index in [1.54, 1.807) is 7.11 Å². The second kappa shape index (κ2) is 4.42. The lowest BCUT2D eigenvalue weighted by Gasteiger charge is -2.12. The van der Waals surface area contributed by atoms with Crippen molar-refractivity contribution in [2.75, 3.05) is 7.11 Å². The zero-order valence-corrected chi connectivity index (χ0v) is 8.80. The summed E-state index contributed by atoms with van der Waals surface area (Å²) in [7, 11) is 1.54.